The second-order valence-electron chi connectivity index (χ2n) is 6.31. The molecule has 1 amide bonds. The molecule has 3 aromatic carbocycles. The van der Waals surface area contributed by atoms with Gasteiger partial charge in [0.1, 0.15) is 6.54 Å². The molecule has 1 N–H and O–H groups in total. The van der Waals surface area contributed by atoms with Crippen LogP contribution in [0.1, 0.15) is 5.56 Å². The highest BCUT2D eigenvalue weighted by molar-refractivity contribution is 7.92. The molecule has 0 fully saturated rings. The standard InChI is InChI=1S/C21H17Cl3N2O3S/c22-16-8-10-19(11-9-16)30(28,29)26(18-4-2-1-3-5-18)14-21(27)25-13-15-6-7-17(23)12-20(15)24/h1-12H,13-14H2,(H,25,27). The molecule has 0 aliphatic carbocycles. The highest BCUT2D eigenvalue weighted by Gasteiger charge is 2.27. The maximum atomic E-state index is 13.2. The largest absolute Gasteiger partial charge is 0.350 e. The summed E-state index contributed by atoms with van der Waals surface area (Å²) in [6, 6.07) is 19.1. The van der Waals surface area contributed by atoms with E-state index in [2.05, 4.69) is 5.32 Å². The first-order valence-electron chi connectivity index (χ1n) is 8.81. The quantitative estimate of drug-likeness (QED) is 0.505. The number of carbonyl (C=O) groups is 1. The van der Waals surface area contributed by atoms with Gasteiger partial charge in [0.05, 0.1) is 10.6 Å². The second kappa shape index (κ2) is 9.71. The topological polar surface area (TPSA) is 66.5 Å². The third-order valence-electron chi connectivity index (χ3n) is 4.22. The molecule has 0 heterocycles. The highest BCUT2D eigenvalue weighted by Crippen LogP contribution is 2.25. The van der Waals surface area contributed by atoms with Crippen LogP contribution in [0.3, 0.4) is 0 Å². The Morgan fingerprint density at radius 2 is 1.50 bits per heavy atom. The normalized spacial score (nSPS) is 11.2. The van der Waals surface area contributed by atoms with E-state index < -0.39 is 22.5 Å². The van der Waals surface area contributed by atoms with Crippen LogP contribution in [-0.2, 0) is 21.4 Å². The fourth-order valence-corrected chi connectivity index (χ4v) is 4.71. The van der Waals surface area contributed by atoms with Crippen LogP contribution in [0.25, 0.3) is 0 Å². The maximum absolute atomic E-state index is 13.2. The number of rotatable bonds is 7. The Balaban J connectivity index is 1.82. The lowest BCUT2D eigenvalue weighted by atomic mass is 10.2. The number of benzene rings is 3. The minimum atomic E-state index is -3.99. The Kier molecular flexibility index (Phi) is 7.26. The minimum absolute atomic E-state index is 0.0318. The molecule has 0 saturated carbocycles. The van der Waals surface area contributed by atoms with Crippen molar-refractivity contribution < 1.29 is 13.2 Å². The molecular formula is C21H17Cl3N2O3S. The van der Waals surface area contributed by atoms with Gasteiger partial charge in [-0.05, 0) is 54.1 Å². The molecule has 3 rings (SSSR count). The molecule has 0 spiro atoms. The van der Waals surface area contributed by atoms with Crippen LogP contribution < -0.4 is 9.62 Å². The number of carbonyl (C=O) groups excluding carboxylic acids is 1. The van der Waals surface area contributed by atoms with Crippen LogP contribution in [0.4, 0.5) is 5.69 Å². The van der Waals surface area contributed by atoms with Crippen molar-refractivity contribution in [1.82, 2.24) is 5.32 Å². The van der Waals surface area contributed by atoms with E-state index in [4.69, 9.17) is 34.8 Å². The van der Waals surface area contributed by atoms with E-state index in [0.717, 1.165) is 4.31 Å². The van der Waals surface area contributed by atoms with Crippen molar-refractivity contribution in [2.75, 3.05) is 10.8 Å². The number of anilines is 1. The third kappa shape index (κ3) is 5.46. The average molecular weight is 484 g/mol. The van der Waals surface area contributed by atoms with E-state index in [1.807, 2.05) is 0 Å². The van der Waals surface area contributed by atoms with Gasteiger partial charge < -0.3 is 5.32 Å². The molecule has 9 heteroatoms. The summed E-state index contributed by atoms with van der Waals surface area (Å²) < 4.78 is 27.5. The number of hydrogen-bond acceptors (Lipinski definition) is 3. The van der Waals surface area contributed by atoms with Gasteiger partial charge in [-0.15, -0.1) is 0 Å². The fraction of sp³-hybridized carbons (Fsp3) is 0.0952. The Labute approximate surface area is 190 Å². The molecule has 0 bridgehead atoms. The maximum Gasteiger partial charge on any atom is 0.264 e. The molecule has 0 radical (unpaired) electrons. The fourth-order valence-electron chi connectivity index (χ4n) is 2.69. The number of para-hydroxylation sites is 1. The number of nitrogens with one attached hydrogen (secondary N) is 1. The number of halogens is 3. The predicted octanol–water partition coefficient (Wildman–Crippen LogP) is 5.16. The van der Waals surface area contributed by atoms with Gasteiger partial charge in [0, 0.05) is 21.6 Å². The smallest absolute Gasteiger partial charge is 0.264 e. The Bertz CT molecular complexity index is 1140. The number of sulfonamides is 1. The molecule has 30 heavy (non-hydrogen) atoms. The zero-order chi connectivity index (χ0) is 21.7. The van der Waals surface area contributed by atoms with Crippen molar-refractivity contribution in [3.8, 4) is 0 Å². The van der Waals surface area contributed by atoms with E-state index in [1.165, 1.54) is 24.3 Å². The summed E-state index contributed by atoms with van der Waals surface area (Å²) in [5.74, 6) is -0.484. The van der Waals surface area contributed by atoms with Gasteiger partial charge in [0.15, 0.2) is 0 Å². The summed E-state index contributed by atoms with van der Waals surface area (Å²) in [5, 5.41) is 4.01. The van der Waals surface area contributed by atoms with E-state index in [0.29, 0.717) is 26.3 Å². The summed E-state index contributed by atoms with van der Waals surface area (Å²) in [4.78, 5) is 12.6. The first-order valence-corrected chi connectivity index (χ1v) is 11.4. The SMILES string of the molecule is O=C(CN(c1ccccc1)S(=O)(=O)c1ccc(Cl)cc1)NCc1ccc(Cl)cc1Cl. The molecule has 0 saturated heterocycles. The monoisotopic (exact) mass is 482 g/mol. The van der Waals surface area contributed by atoms with Gasteiger partial charge in [-0.1, -0.05) is 59.1 Å². The Morgan fingerprint density at radius 1 is 0.867 bits per heavy atom. The molecule has 3 aromatic rings. The summed E-state index contributed by atoms with van der Waals surface area (Å²) in [6.45, 7) is -0.265. The van der Waals surface area contributed by atoms with Gasteiger partial charge >= 0.3 is 0 Å². The lowest BCUT2D eigenvalue weighted by Gasteiger charge is -2.24. The summed E-state index contributed by atoms with van der Waals surface area (Å²) in [7, 11) is -3.99. The van der Waals surface area contributed by atoms with Crippen molar-refractivity contribution >= 4 is 56.4 Å². The molecule has 0 aliphatic rings. The third-order valence-corrected chi connectivity index (χ3v) is 6.85. The van der Waals surface area contributed by atoms with Gasteiger partial charge in [0.25, 0.3) is 10.0 Å². The zero-order valence-electron chi connectivity index (χ0n) is 15.6. The van der Waals surface area contributed by atoms with E-state index in [-0.39, 0.29) is 11.4 Å². The lowest BCUT2D eigenvalue weighted by Crippen LogP contribution is -2.40. The Morgan fingerprint density at radius 3 is 2.13 bits per heavy atom. The lowest BCUT2D eigenvalue weighted by molar-refractivity contribution is -0.119. The van der Waals surface area contributed by atoms with Gasteiger partial charge in [0.2, 0.25) is 5.91 Å². The number of hydrogen-bond donors (Lipinski definition) is 1. The molecule has 156 valence electrons. The van der Waals surface area contributed by atoms with Crippen molar-refractivity contribution in [2.24, 2.45) is 0 Å². The number of amides is 1. The number of nitrogens with zero attached hydrogens (tertiary/aromatic N) is 1. The summed E-state index contributed by atoms with van der Waals surface area (Å²) >= 11 is 17.9. The molecule has 0 aromatic heterocycles. The minimum Gasteiger partial charge on any atom is -0.350 e. The molecule has 0 atom stereocenters. The molecule has 0 aliphatic heterocycles. The first-order chi connectivity index (χ1) is 14.3. The van der Waals surface area contributed by atoms with Crippen LogP contribution in [0.5, 0.6) is 0 Å². The van der Waals surface area contributed by atoms with Crippen molar-refractivity contribution in [1.29, 1.82) is 0 Å². The van der Waals surface area contributed by atoms with Crippen LogP contribution in [0, 0.1) is 0 Å². The molecule has 5 nitrogen and oxygen atoms in total. The summed E-state index contributed by atoms with van der Waals surface area (Å²) in [6.07, 6.45) is 0. The van der Waals surface area contributed by atoms with Crippen molar-refractivity contribution in [2.45, 2.75) is 11.4 Å². The average Bonchev–Trinajstić information content (AvgIpc) is 2.72. The zero-order valence-corrected chi connectivity index (χ0v) is 18.6. The van der Waals surface area contributed by atoms with Crippen LogP contribution >= 0.6 is 34.8 Å². The second-order valence-corrected chi connectivity index (χ2v) is 9.46. The first kappa shape index (κ1) is 22.4. The molecular weight excluding hydrogens is 467 g/mol. The van der Waals surface area contributed by atoms with E-state index in [1.54, 1.807) is 48.5 Å². The summed E-state index contributed by atoms with van der Waals surface area (Å²) in [5.41, 5.74) is 1.04. The van der Waals surface area contributed by atoms with Crippen molar-refractivity contribution in [3.63, 3.8) is 0 Å². The van der Waals surface area contributed by atoms with Crippen LogP contribution in [0.2, 0.25) is 15.1 Å². The highest BCUT2D eigenvalue weighted by atomic mass is 35.5. The van der Waals surface area contributed by atoms with Crippen LogP contribution in [-0.4, -0.2) is 20.9 Å². The van der Waals surface area contributed by atoms with Gasteiger partial charge in [-0.3, -0.25) is 9.10 Å². The predicted molar refractivity (Wildman–Crippen MR) is 121 cm³/mol. The van der Waals surface area contributed by atoms with E-state index >= 15 is 0 Å². The Hall–Kier alpha value is -2.25. The van der Waals surface area contributed by atoms with Gasteiger partial charge in [-0.25, -0.2) is 8.42 Å². The van der Waals surface area contributed by atoms with Gasteiger partial charge in [-0.2, -0.15) is 0 Å². The van der Waals surface area contributed by atoms with E-state index in [9.17, 15) is 13.2 Å². The molecule has 0 unspecified atom stereocenters. The van der Waals surface area contributed by atoms with Crippen LogP contribution in [0.15, 0.2) is 77.7 Å². The van der Waals surface area contributed by atoms with Crippen molar-refractivity contribution in [3.05, 3.63) is 93.4 Å².